The summed E-state index contributed by atoms with van der Waals surface area (Å²) in [5.74, 6) is 1.09. The van der Waals surface area contributed by atoms with Crippen LogP contribution in [0.25, 0.3) is 22.8 Å². The molecule has 0 atom stereocenters. The fraction of sp³-hybridized carbons (Fsp3) is 0.167. The minimum atomic E-state index is -0.0606. The van der Waals surface area contributed by atoms with Gasteiger partial charge < -0.3 is 15.0 Å². The highest BCUT2D eigenvalue weighted by molar-refractivity contribution is 6.30. The standard InChI is InChI=1S/C18H15ClN4O2/c1-25-16-3-2-10(19)8-12(16)17-20-6-5-14(23-17)15-9-11-13(22-15)4-7-21-18(11)24/h2-3,5-6,8-9,22H,4,7H2,1H3,(H,21,24). The van der Waals surface area contributed by atoms with Crippen LogP contribution in [0, 0.1) is 0 Å². The first-order valence-electron chi connectivity index (χ1n) is 7.83. The van der Waals surface area contributed by atoms with Crippen molar-refractivity contribution in [2.45, 2.75) is 6.42 Å². The second kappa shape index (κ2) is 6.22. The number of rotatable bonds is 3. The van der Waals surface area contributed by atoms with E-state index in [0.29, 0.717) is 40.0 Å². The van der Waals surface area contributed by atoms with Gasteiger partial charge in [-0.25, -0.2) is 9.97 Å². The maximum Gasteiger partial charge on any atom is 0.253 e. The summed E-state index contributed by atoms with van der Waals surface area (Å²) in [4.78, 5) is 24.2. The van der Waals surface area contributed by atoms with Crippen LogP contribution < -0.4 is 10.1 Å². The van der Waals surface area contributed by atoms with Gasteiger partial charge >= 0.3 is 0 Å². The summed E-state index contributed by atoms with van der Waals surface area (Å²) in [5.41, 5.74) is 3.80. The Balaban J connectivity index is 1.78. The lowest BCUT2D eigenvalue weighted by atomic mass is 10.1. The van der Waals surface area contributed by atoms with E-state index in [4.69, 9.17) is 16.3 Å². The van der Waals surface area contributed by atoms with Crippen molar-refractivity contribution in [2.24, 2.45) is 0 Å². The van der Waals surface area contributed by atoms with E-state index >= 15 is 0 Å². The molecule has 4 rings (SSSR count). The van der Waals surface area contributed by atoms with E-state index in [1.807, 2.05) is 6.07 Å². The van der Waals surface area contributed by atoms with Crippen LogP contribution >= 0.6 is 11.6 Å². The van der Waals surface area contributed by atoms with E-state index in [2.05, 4.69) is 20.3 Å². The summed E-state index contributed by atoms with van der Waals surface area (Å²) in [6.45, 7) is 0.639. The molecule has 1 amide bonds. The van der Waals surface area contributed by atoms with E-state index < -0.39 is 0 Å². The first kappa shape index (κ1) is 15.7. The fourth-order valence-electron chi connectivity index (χ4n) is 2.92. The molecule has 1 aliphatic rings. The first-order chi connectivity index (χ1) is 12.2. The zero-order valence-electron chi connectivity index (χ0n) is 13.5. The molecule has 0 spiro atoms. The maximum absolute atomic E-state index is 11.9. The number of hydrogen-bond acceptors (Lipinski definition) is 4. The van der Waals surface area contributed by atoms with Crippen LogP contribution in [0.3, 0.4) is 0 Å². The van der Waals surface area contributed by atoms with Crippen LogP contribution in [0.2, 0.25) is 5.02 Å². The summed E-state index contributed by atoms with van der Waals surface area (Å²) in [6, 6.07) is 8.93. The third kappa shape index (κ3) is 2.85. The zero-order chi connectivity index (χ0) is 17.4. The van der Waals surface area contributed by atoms with Crippen molar-refractivity contribution < 1.29 is 9.53 Å². The molecule has 0 bridgehead atoms. The average Bonchev–Trinajstić information content (AvgIpc) is 3.08. The molecular weight excluding hydrogens is 340 g/mol. The molecule has 3 aromatic rings. The predicted octanol–water partition coefficient (Wildman–Crippen LogP) is 3.09. The molecule has 2 N–H and O–H groups in total. The lowest BCUT2D eigenvalue weighted by Crippen LogP contribution is -2.31. The number of carbonyl (C=O) groups is 1. The smallest absolute Gasteiger partial charge is 0.253 e. The highest BCUT2D eigenvalue weighted by Gasteiger charge is 2.20. The van der Waals surface area contributed by atoms with E-state index in [1.54, 1.807) is 37.6 Å². The normalized spacial score (nSPS) is 13.3. The number of hydrogen-bond donors (Lipinski definition) is 2. The van der Waals surface area contributed by atoms with Crippen molar-refractivity contribution in [1.82, 2.24) is 20.3 Å². The molecule has 0 radical (unpaired) electrons. The van der Waals surface area contributed by atoms with Crippen molar-refractivity contribution in [2.75, 3.05) is 13.7 Å². The molecule has 0 fully saturated rings. The topological polar surface area (TPSA) is 79.9 Å². The van der Waals surface area contributed by atoms with Gasteiger partial charge in [-0.3, -0.25) is 4.79 Å². The SMILES string of the molecule is COc1ccc(Cl)cc1-c1nccc(-c2cc3c([nH]2)CCNC3=O)n1. The van der Waals surface area contributed by atoms with E-state index in [1.165, 1.54) is 0 Å². The highest BCUT2D eigenvalue weighted by atomic mass is 35.5. The number of fused-ring (bicyclic) bond motifs is 1. The zero-order valence-corrected chi connectivity index (χ0v) is 14.2. The van der Waals surface area contributed by atoms with Crippen molar-refractivity contribution in [1.29, 1.82) is 0 Å². The molecule has 1 aromatic carbocycles. The summed E-state index contributed by atoms with van der Waals surface area (Å²) in [6.07, 6.45) is 2.46. The van der Waals surface area contributed by atoms with Gasteiger partial charge in [0.25, 0.3) is 5.91 Å². The number of nitrogens with zero attached hydrogens (tertiary/aromatic N) is 2. The Morgan fingerprint density at radius 3 is 2.88 bits per heavy atom. The van der Waals surface area contributed by atoms with E-state index in [9.17, 15) is 4.79 Å². The quantitative estimate of drug-likeness (QED) is 0.757. The van der Waals surface area contributed by atoms with Crippen LogP contribution in [0.15, 0.2) is 36.5 Å². The van der Waals surface area contributed by atoms with Crippen molar-refractivity contribution in [3.05, 3.63) is 52.8 Å². The van der Waals surface area contributed by atoms with Crippen molar-refractivity contribution in [3.8, 4) is 28.5 Å². The molecule has 7 heteroatoms. The molecule has 0 saturated heterocycles. The number of benzene rings is 1. The van der Waals surface area contributed by atoms with E-state index in [-0.39, 0.29) is 5.91 Å². The average molecular weight is 355 g/mol. The Kier molecular flexibility index (Phi) is 3.89. The van der Waals surface area contributed by atoms with Crippen LogP contribution in [0.4, 0.5) is 0 Å². The van der Waals surface area contributed by atoms with Crippen LogP contribution in [-0.4, -0.2) is 34.5 Å². The minimum Gasteiger partial charge on any atom is -0.496 e. The Morgan fingerprint density at radius 1 is 1.20 bits per heavy atom. The minimum absolute atomic E-state index is 0.0606. The molecule has 6 nitrogen and oxygen atoms in total. The molecule has 1 aliphatic heterocycles. The Morgan fingerprint density at radius 2 is 2.08 bits per heavy atom. The number of amides is 1. The lowest BCUT2D eigenvalue weighted by Gasteiger charge is -2.11. The molecule has 0 aliphatic carbocycles. The van der Waals surface area contributed by atoms with Gasteiger partial charge in [-0.1, -0.05) is 11.6 Å². The molecule has 3 heterocycles. The number of aromatic amines is 1. The molecular formula is C18H15ClN4O2. The number of H-pyrrole nitrogens is 1. The Hall–Kier alpha value is -2.86. The third-order valence-electron chi connectivity index (χ3n) is 4.14. The van der Waals surface area contributed by atoms with Crippen molar-refractivity contribution in [3.63, 3.8) is 0 Å². The van der Waals surface area contributed by atoms with Crippen LogP contribution in [0.5, 0.6) is 5.75 Å². The first-order valence-corrected chi connectivity index (χ1v) is 8.21. The second-order valence-corrected chi connectivity index (χ2v) is 6.13. The molecule has 0 saturated carbocycles. The number of carbonyl (C=O) groups excluding carboxylic acids is 1. The van der Waals surface area contributed by atoms with Gasteiger partial charge in [-0.15, -0.1) is 0 Å². The van der Waals surface area contributed by atoms with Gasteiger partial charge in [0.1, 0.15) is 5.75 Å². The van der Waals surface area contributed by atoms with Gasteiger partial charge in [0, 0.05) is 29.9 Å². The van der Waals surface area contributed by atoms with Gasteiger partial charge in [-0.05, 0) is 30.3 Å². The second-order valence-electron chi connectivity index (χ2n) is 5.69. The fourth-order valence-corrected chi connectivity index (χ4v) is 3.10. The predicted molar refractivity (Wildman–Crippen MR) is 94.9 cm³/mol. The number of halogens is 1. The highest BCUT2D eigenvalue weighted by Crippen LogP contribution is 2.31. The lowest BCUT2D eigenvalue weighted by molar-refractivity contribution is 0.0946. The number of ether oxygens (including phenoxy) is 1. The van der Waals surface area contributed by atoms with Crippen LogP contribution in [0.1, 0.15) is 16.1 Å². The summed E-state index contributed by atoms with van der Waals surface area (Å²) < 4.78 is 5.38. The van der Waals surface area contributed by atoms with Gasteiger partial charge in [0.2, 0.25) is 0 Å². The number of aromatic nitrogens is 3. The summed E-state index contributed by atoms with van der Waals surface area (Å²) >= 11 is 6.10. The maximum atomic E-state index is 11.9. The monoisotopic (exact) mass is 354 g/mol. The summed E-state index contributed by atoms with van der Waals surface area (Å²) in [5, 5.41) is 3.42. The number of methoxy groups -OCH3 is 1. The summed E-state index contributed by atoms with van der Waals surface area (Å²) in [7, 11) is 1.59. The molecule has 126 valence electrons. The van der Waals surface area contributed by atoms with Gasteiger partial charge in [0.05, 0.1) is 29.6 Å². The molecule has 25 heavy (non-hydrogen) atoms. The largest absolute Gasteiger partial charge is 0.496 e. The van der Waals surface area contributed by atoms with Crippen molar-refractivity contribution >= 4 is 17.5 Å². The Labute approximate surface area is 149 Å². The molecule has 0 unspecified atom stereocenters. The van der Waals surface area contributed by atoms with Gasteiger partial charge in [-0.2, -0.15) is 0 Å². The van der Waals surface area contributed by atoms with Gasteiger partial charge in [0.15, 0.2) is 5.82 Å². The van der Waals surface area contributed by atoms with Crippen LogP contribution in [-0.2, 0) is 6.42 Å². The Bertz CT molecular complexity index is 967. The molecule has 2 aromatic heterocycles. The third-order valence-corrected chi connectivity index (χ3v) is 4.37. The van der Waals surface area contributed by atoms with E-state index in [0.717, 1.165) is 17.8 Å². The number of nitrogens with one attached hydrogen (secondary N) is 2.